The van der Waals surface area contributed by atoms with Crippen molar-refractivity contribution in [1.29, 1.82) is 0 Å². The summed E-state index contributed by atoms with van der Waals surface area (Å²) in [6, 6.07) is 8.24. The molecule has 2 heterocycles. The maximum atomic E-state index is 12.5. The molecule has 2 atom stereocenters. The lowest BCUT2D eigenvalue weighted by atomic mass is 9.84. The molecule has 20 heavy (non-hydrogen) atoms. The number of nitrogens with zero attached hydrogens (tertiary/aromatic N) is 1. The smallest absolute Gasteiger partial charge is 0.232 e. The Hall–Kier alpha value is -2.10. The normalized spacial score (nSPS) is 28.2. The predicted octanol–water partition coefficient (Wildman–Crippen LogP) is 3.16. The van der Waals surface area contributed by atoms with E-state index in [4.69, 9.17) is 0 Å². The zero-order chi connectivity index (χ0) is 13.7. The molecular weight excluding hydrogens is 250 g/mol. The van der Waals surface area contributed by atoms with E-state index in [0.29, 0.717) is 0 Å². The average Bonchev–Trinajstić information content (AvgIpc) is 2.79. The van der Waals surface area contributed by atoms with Crippen molar-refractivity contribution in [3.8, 4) is 0 Å². The fourth-order valence-corrected chi connectivity index (χ4v) is 3.50. The molecule has 1 fully saturated rings. The minimum Gasteiger partial charge on any atom is -0.379 e. The van der Waals surface area contributed by atoms with Crippen molar-refractivity contribution in [2.24, 2.45) is 5.41 Å². The number of carbonyl (C=O) groups is 1. The van der Waals surface area contributed by atoms with E-state index >= 15 is 0 Å². The number of benzene rings is 1. The van der Waals surface area contributed by atoms with Crippen LogP contribution in [0.1, 0.15) is 26.2 Å². The quantitative estimate of drug-likeness (QED) is 0.771. The average molecular weight is 267 g/mol. The van der Waals surface area contributed by atoms with E-state index in [0.717, 1.165) is 41.5 Å². The van der Waals surface area contributed by atoms with Crippen LogP contribution in [-0.4, -0.2) is 16.9 Å². The lowest BCUT2D eigenvalue weighted by Gasteiger charge is -2.28. The lowest BCUT2D eigenvalue weighted by Crippen LogP contribution is -2.41. The SMILES string of the molecule is CC12CCCC1Nc1c(cnc3ccccc13)NC2=O. The molecule has 2 N–H and O–H groups in total. The van der Waals surface area contributed by atoms with Crippen molar-refractivity contribution >= 4 is 28.2 Å². The fraction of sp³-hybridized carbons (Fsp3) is 0.375. The summed E-state index contributed by atoms with van der Waals surface area (Å²) in [5, 5.41) is 7.75. The first-order chi connectivity index (χ1) is 9.68. The number of aromatic nitrogens is 1. The molecule has 2 aromatic rings. The summed E-state index contributed by atoms with van der Waals surface area (Å²) in [7, 11) is 0. The second-order valence-electron chi connectivity index (χ2n) is 6.02. The number of amides is 1. The van der Waals surface area contributed by atoms with Gasteiger partial charge in [0.25, 0.3) is 0 Å². The summed E-state index contributed by atoms with van der Waals surface area (Å²) in [6.07, 6.45) is 4.84. The highest BCUT2D eigenvalue weighted by Crippen LogP contribution is 2.45. The summed E-state index contributed by atoms with van der Waals surface area (Å²) in [5.74, 6) is 0.114. The van der Waals surface area contributed by atoms with Crippen molar-refractivity contribution in [3.63, 3.8) is 0 Å². The van der Waals surface area contributed by atoms with Crippen LogP contribution < -0.4 is 10.6 Å². The Kier molecular flexibility index (Phi) is 2.31. The predicted molar refractivity (Wildman–Crippen MR) is 79.7 cm³/mol. The molecule has 1 aliphatic heterocycles. The molecule has 1 saturated carbocycles. The van der Waals surface area contributed by atoms with Crippen molar-refractivity contribution in [3.05, 3.63) is 30.5 Å². The van der Waals surface area contributed by atoms with Gasteiger partial charge >= 0.3 is 0 Å². The number of fused-ring (bicyclic) bond motifs is 4. The Labute approximate surface area is 117 Å². The van der Waals surface area contributed by atoms with Gasteiger partial charge in [-0.2, -0.15) is 0 Å². The van der Waals surface area contributed by atoms with Gasteiger partial charge in [0.05, 0.1) is 28.5 Å². The molecule has 2 unspecified atom stereocenters. The molecule has 4 rings (SSSR count). The van der Waals surface area contributed by atoms with Crippen LogP contribution in [0.3, 0.4) is 0 Å². The van der Waals surface area contributed by atoms with Crippen LogP contribution >= 0.6 is 0 Å². The molecule has 1 aliphatic carbocycles. The van der Waals surface area contributed by atoms with Gasteiger partial charge in [0.1, 0.15) is 0 Å². The molecule has 0 radical (unpaired) electrons. The Bertz CT molecular complexity index is 712. The largest absolute Gasteiger partial charge is 0.379 e. The van der Waals surface area contributed by atoms with Crippen LogP contribution in [0.4, 0.5) is 11.4 Å². The standard InChI is InChI=1S/C16H17N3O/c1-16-8-4-7-13(16)19-14-10-5-2-3-6-11(10)17-9-12(14)18-15(16)20/h2-3,5-6,9,13,19H,4,7-8H2,1H3,(H,18,20). The summed E-state index contributed by atoms with van der Waals surface area (Å²) < 4.78 is 0. The van der Waals surface area contributed by atoms with Gasteiger partial charge in [0.2, 0.25) is 5.91 Å². The Morgan fingerprint density at radius 1 is 1.35 bits per heavy atom. The van der Waals surface area contributed by atoms with Crippen LogP contribution in [0, 0.1) is 5.41 Å². The number of pyridine rings is 1. The maximum absolute atomic E-state index is 12.5. The van der Waals surface area contributed by atoms with Crippen molar-refractivity contribution in [2.45, 2.75) is 32.2 Å². The number of para-hydroxylation sites is 1. The first-order valence-electron chi connectivity index (χ1n) is 7.14. The second-order valence-corrected chi connectivity index (χ2v) is 6.02. The van der Waals surface area contributed by atoms with Crippen molar-refractivity contribution in [2.75, 3.05) is 10.6 Å². The Morgan fingerprint density at radius 3 is 3.10 bits per heavy atom. The lowest BCUT2D eigenvalue weighted by molar-refractivity contribution is -0.124. The number of anilines is 2. The highest BCUT2D eigenvalue weighted by Gasteiger charge is 2.47. The number of hydrogen-bond acceptors (Lipinski definition) is 3. The van der Waals surface area contributed by atoms with E-state index < -0.39 is 0 Å². The minimum atomic E-state index is -0.319. The van der Waals surface area contributed by atoms with Gasteiger partial charge in [-0.05, 0) is 25.8 Å². The van der Waals surface area contributed by atoms with Crippen LogP contribution in [0.2, 0.25) is 0 Å². The summed E-state index contributed by atoms with van der Waals surface area (Å²) >= 11 is 0. The molecule has 102 valence electrons. The maximum Gasteiger partial charge on any atom is 0.232 e. The summed E-state index contributed by atoms with van der Waals surface area (Å²) in [4.78, 5) is 17.0. The summed E-state index contributed by atoms with van der Waals surface area (Å²) in [5.41, 5.74) is 2.44. The third-order valence-corrected chi connectivity index (χ3v) is 4.82. The fourth-order valence-electron chi connectivity index (χ4n) is 3.50. The van der Waals surface area contributed by atoms with Gasteiger partial charge in [-0.1, -0.05) is 24.6 Å². The minimum absolute atomic E-state index is 0.114. The number of carbonyl (C=O) groups excluding carboxylic acids is 1. The molecule has 4 heteroatoms. The zero-order valence-corrected chi connectivity index (χ0v) is 11.4. The van der Waals surface area contributed by atoms with Gasteiger partial charge in [0, 0.05) is 11.4 Å². The monoisotopic (exact) mass is 267 g/mol. The van der Waals surface area contributed by atoms with Crippen LogP contribution in [-0.2, 0) is 4.79 Å². The third kappa shape index (κ3) is 1.48. The van der Waals surface area contributed by atoms with Crippen LogP contribution in [0.5, 0.6) is 0 Å². The molecule has 1 aromatic carbocycles. The van der Waals surface area contributed by atoms with Crippen LogP contribution in [0.15, 0.2) is 30.5 Å². The summed E-state index contributed by atoms with van der Waals surface area (Å²) in [6.45, 7) is 2.06. The molecule has 0 saturated heterocycles. The van der Waals surface area contributed by atoms with E-state index in [1.54, 1.807) is 6.20 Å². The molecule has 4 nitrogen and oxygen atoms in total. The van der Waals surface area contributed by atoms with Gasteiger partial charge in [0.15, 0.2) is 0 Å². The number of rotatable bonds is 0. The van der Waals surface area contributed by atoms with E-state index in [9.17, 15) is 4.79 Å². The van der Waals surface area contributed by atoms with E-state index in [1.165, 1.54) is 0 Å². The first kappa shape index (κ1) is 11.7. The molecule has 2 aliphatic rings. The van der Waals surface area contributed by atoms with Gasteiger partial charge in [-0.15, -0.1) is 0 Å². The first-order valence-corrected chi connectivity index (χ1v) is 7.14. The van der Waals surface area contributed by atoms with Gasteiger partial charge in [-0.3, -0.25) is 9.78 Å². The van der Waals surface area contributed by atoms with E-state index in [1.807, 2.05) is 18.2 Å². The zero-order valence-electron chi connectivity index (χ0n) is 11.4. The highest BCUT2D eigenvalue weighted by molar-refractivity contribution is 6.06. The number of nitrogens with one attached hydrogen (secondary N) is 2. The molecular formula is C16H17N3O. The molecule has 0 spiro atoms. The van der Waals surface area contributed by atoms with Crippen molar-refractivity contribution < 1.29 is 4.79 Å². The number of hydrogen-bond donors (Lipinski definition) is 2. The van der Waals surface area contributed by atoms with E-state index in [-0.39, 0.29) is 17.4 Å². The Balaban J connectivity index is 1.93. The molecule has 0 bridgehead atoms. The third-order valence-electron chi connectivity index (χ3n) is 4.82. The van der Waals surface area contributed by atoms with E-state index in [2.05, 4.69) is 28.6 Å². The highest BCUT2D eigenvalue weighted by atomic mass is 16.2. The topological polar surface area (TPSA) is 54.0 Å². The van der Waals surface area contributed by atoms with Gasteiger partial charge < -0.3 is 10.6 Å². The van der Waals surface area contributed by atoms with Crippen LogP contribution in [0.25, 0.3) is 10.9 Å². The second kappa shape index (κ2) is 3.95. The van der Waals surface area contributed by atoms with Crippen molar-refractivity contribution in [1.82, 2.24) is 4.98 Å². The Morgan fingerprint density at radius 2 is 2.20 bits per heavy atom. The molecule has 1 amide bonds. The van der Waals surface area contributed by atoms with Gasteiger partial charge in [-0.25, -0.2) is 0 Å². The molecule has 1 aromatic heterocycles.